The number of rotatable bonds is 4. The molecular weight excluding hydrogens is 167 g/mol. The van der Waals surface area contributed by atoms with Crippen LogP contribution in [0.5, 0.6) is 0 Å². The number of halogens is 2. The van der Waals surface area contributed by atoms with E-state index in [1.165, 1.54) is 12.8 Å². The third-order valence-corrected chi connectivity index (χ3v) is 2.60. The van der Waals surface area contributed by atoms with Gasteiger partial charge in [0.05, 0.1) is 0 Å². The van der Waals surface area contributed by atoms with Gasteiger partial charge in [-0.3, -0.25) is 0 Å². The summed E-state index contributed by atoms with van der Waals surface area (Å²) < 4.78 is -0.546. The van der Waals surface area contributed by atoms with E-state index in [4.69, 9.17) is 23.2 Å². The summed E-state index contributed by atoms with van der Waals surface area (Å²) in [7, 11) is 0. The molecule has 0 aliphatic heterocycles. The van der Waals surface area contributed by atoms with E-state index in [1.807, 2.05) is 6.92 Å². The van der Waals surface area contributed by atoms with E-state index in [0.717, 1.165) is 6.42 Å². The standard InChI is InChI=1S/C8H16Cl2/c1-4-5-6-7(2)8(3,9)10/h7H,4-6H2,1-3H3. The van der Waals surface area contributed by atoms with E-state index in [-0.39, 0.29) is 0 Å². The van der Waals surface area contributed by atoms with Crippen molar-refractivity contribution in [2.45, 2.75) is 44.4 Å². The van der Waals surface area contributed by atoms with Gasteiger partial charge in [-0.25, -0.2) is 0 Å². The highest BCUT2D eigenvalue weighted by Crippen LogP contribution is 2.32. The van der Waals surface area contributed by atoms with Gasteiger partial charge in [-0.05, 0) is 19.3 Å². The topological polar surface area (TPSA) is 0 Å². The highest BCUT2D eigenvalue weighted by Gasteiger charge is 2.24. The van der Waals surface area contributed by atoms with Crippen molar-refractivity contribution in [3.63, 3.8) is 0 Å². The second-order valence-corrected chi connectivity index (χ2v) is 4.76. The van der Waals surface area contributed by atoms with Crippen molar-refractivity contribution in [1.82, 2.24) is 0 Å². The van der Waals surface area contributed by atoms with E-state index < -0.39 is 4.33 Å². The molecule has 0 aliphatic rings. The largest absolute Gasteiger partial charge is 0.118 e. The van der Waals surface area contributed by atoms with E-state index in [0.29, 0.717) is 5.92 Å². The minimum atomic E-state index is -0.546. The van der Waals surface area contributed by atoms with Crippen LogP contribution < -0.4 is 0 Å². The van der Waals surface area contributed by atoms with Gasteiger partial charge in [0.2, 0.25) is 0 Å². The zero-order valence-electron chi connectivity index (χ0n) is 6.95. The number of hydrogen-bond donors (Lipinski definition) is 0. The van der Waals surface area contributed by atoms with Crippen molar-refractivity contribution in [3.8, 4) is 0 Å². The van der Waals surface area contributed by atoms with E-state index >= 15 is 0 Å². The molecule has 0 nitrogen and oxygen atoms in total. The number of unbranched alkanes of at least 4 members (excludes halogenated alkanes) is 1. The molecule has 0 radical (unpaired) electrons. The molecule has 2 heteroatoms. The first-order valence-corrected chi connectivity index (χ1v) is 4.62. The molecule has 0 amide bonds. The summed E-state index contributed by atoms with van der Waals surface area (Å²) >= 11 is 11.8. The Hall–Kier alpha value is 0.580. The Morgan fingerprint density at radius 2 is 1.90 bits per heavy atom. The lowest BCUT2D eigenvalue weighted by molar-refractivity contribution is 0.469. The quantitative estimate of drug-likeness (QED) is 0.577. The highest BCUT2D eigenvalue weighted by molar-refractivity contribution is 6.48. The first-order valence-electron chi connectivity index (χ1n) is 3.86. The smallest absolute Gasteiger partial charge is 0.102 e. The Morgan fingerprint density at radius 3 is 2.20 bits per heavy atom. The first-order chi connectivity index (χ1) is 4.48. The fraction of sp³-hybridized carbons (Fsp3) is 1.00. The van der Waals surface area contributed by atoms with Crippen LogP contribution in [0.25, 0.3) is 0 Å². The van der Waals surface area contributed by atoms with Crippen LogP contribution in [0.4, 0.5) is 0 Å². The fourth-order valence-electron chi connectivity index (χ4n) is 0.764. The van der Waals surface area contributed by atoms with Gasteiger partial charge in [0.15, 0.2) is 0 Å². The molecule has 1 unspecified atom stereocenters. The van der Waals surface area contributed by atoms with Crippen molar-refractivity contribution >= 4 is 23.2 Å². The van der Waals surface area contributed by atoms with Crippen LogP contribution in [0.15, 0.2) is 0 Å². The minimum Gasteiger partial charge on any atom is -0.102 e. The van der Waals surface area contributed by atoms with Crippen LogP contribution in [0.3, 0.4) is 0 Å². The molecule has 0 saturated heterocycles. The molecule has 0 N–H and O–H groups in total. The predicted molar refractivity (Wildman–Crippen MR) is 48.8 cm³/mol. The fourth-order valence-corrected chi connectivity index (χ4v) is 0.982. The normalized spacial score (nSPS) is 15.3. The zero-order chi connectivity index (χ0) is 8.20. The summed E-state index contributed by atoms with van der Waals surface area (Å²) in [6.45, 7) is 6.12. The van der Waals surface area contributed by atoms with Gasteiger partial charge in [0.25, 0.3) is 0 Å². The maximum Gasteiger partial charge on any atom is 0.118 e. The van der Waals surface area contributed by atoms with Gasteiger partial charge in [0.1, 0.15) is 4.33 Å². The van der Waals surface area contributed by atoms with E-state index in [9.17, 15) is 0 Å². The summed E-state index contributed by atoms with van der Waals surface area (Å²) in [4.78, 5) is 0. The summed E-state index contributed by atoms with van der Waals surface area (Å²) in [6.07, 6.45) is 3.56. The average Bonchev–Trinajstić information content (AvgIpc) is 1.80. The monoisotopic (exact) mass is 182 g/mol. The Labute approximate surface area is 73.9 Å². The lowest BCUT2D eigenvalue weighted by atomic mass is 10.0. The average molecular weight is 183 g/mol. The van der Waals surface area contributed by atoms with Crippen LogP contribution in [0.1, 0.15) is 40.0 Å². The molecule has 62 valence electrons. The van der Waals surface area contributed by atoms with Crippen molar-refractivity contribution in [3.05, 3.63) is 0 Å². The van der Waals surface area contributed by atoms with Gasteiger partial charge in [0, 0.05) is 0 Å². The molecule has 0 heterocycles. The first kappa shape index (κ1) is 10.6. The van der Waals surface area contributed by atoms with Gasteiger partial charge in [-0.15, -0.1) is 23.2 Å². The molecule has 0 fully saturated rings. The molecule has 0 saturated carbocycles. The number of hydrogen-bond acceptors (Lipinski definition) is 0. The predicted octanol–water partition coefficient (Wildman–Crippen LogP) is 4.01. The molecule has 0 rings (SSSR count). The maximum atomic E-state index is 5.88. The molecule has 1 atom stereocenters. The molecular formula is C8H16Cl2. The molecule has 0 spiro atoms. The lowest BCUT2D eigenvalue weighted by Gasteiger charge is -2.21. The zero-order valence-corrected chi connectivity index (χ0v) is 8.47. The molecule has 10 heavy (non-hydrogen) atoms. The van der Waals surface area contributed by atoms with Crippen molar-refractivity contribution in [1.29, 1.82) is 0 Å². The number of alkyl halides is 2. The summed E-state index contributed by atoms with van der Waals surface area (Å²) in [5.74, 6) is 0.399. The van der Waals surface area contributed by atoms with Crippen LogP contribution in [-0.2, 0) is 0 Å². The van der Waals surface area contributed by atoms with Gasteiger partial charge >= 0.3 is 0 Å². The van der Waals surface area contributed by atoms with Gasteiger partial charge in [-0.1, -0.05) is 26.7 Å². The van der Waals surface area contributed by atoms with E-state index in [2.05, 4.69) is 13.8 Å². The van der Waals surface area contributed by atoms with Crippen molar-refractivity contribution in [2.75, 3.05) is 0 Å². The second kappa shape index (κ2) is 4.46. The minimum absolute atomic E-state index is 0.399. The second-order valence-electron chi connectivity index (χ2n) is 3.00. The molecule has 0 bridgehead atoms. The van der Waals surface area contributed by atoms with E-state index in [1.54, 1.807) is 0 Å². The Kier molecular flexibility index (Phi) is 4.71. The SMILES string of the molecule is CCCCC(C)C(C)(Cl)Cl. The summed E-state index contributed by atoms with van der Waals surface area (Å²) in [5.41, 5.74) is 0. The highest BCUT2D eigenvalue weighted by atomic mass is 35.5. The molecule has 0 aliphatic carbocycles. The molecule has 0 aromatic rings. The van der Waals surface area contributed by atoms with Crippen molar-refractivity contribution in [2.24, 2.45) is 5.92 Å². The van der Waals surface area contributed by atoms with Gasteiger partial charge < -0.3 is 0 Å². The Balaban J connectivity index is 3.52. The third-order valence-electron chi connectivity index (χ3n) is 1.86. The van der Waals surface area contributed by atoms with Crippen molar-refractivity contribution < 1.29 is 0 Å². The lowest BCUT2D eigenvalue weighted by Crippen LogP contribution is -2.18. The Bertz CT molecular complexity index is 83.7. The third kappa shape index (κ3) is 4.40. The van der Waals surface area contributed by atoms with Crippen LogP contribution in [0, 0.1) is 5.92 Å². The van der Waals surface area contributed by atoms with Gasteiger partial charge in [-0.2, -0.15) is 0 Å². The maximum absolute atomic E-state index is 5.88. The summed E-state index contributed by atoms with van der Waals surface area (Å²) in [6, 6.07) is 0. The van der Waals surface area contributed by atoms with Crippen LogP contribution >= 0.6 is 23.2 Å². The Morgan fingerprint density at radius 1 is 1.40 bits per heavy atom. The molecule has 0 aromatic heterocycles. The molecule has 0 aromatic carbocycles. The van der Waals surface area contributed by atoms with Crippen LogP contribution in [-0.4, -0.2) is 4.33 Å². The van der Waals surface area contributed by atoms with Crippen LogP contribution in [0.2, 0.25) is 0 Å². The summed E-state index contributed by atoms with van der Waals surface area (Å²) in [5, 5.41) is 0.